The molecule has 30 heavy (non-hydrogen) atoms. The summed E-state index contributed by atoms with van der Waals surface area (Å²) in [7, 11) is 0. The minimum absolute atomic E-state index is 0.0223. The summed E-state index contributed by atoms with van der Waals surface area (Å²) < 4.78 is 0. The zero-order chi connectivity index (χ0) is 20.9. The molecule has 4 rings (SSSR count). The zero-order valence-electron chi connectivity index (χ0n) is 17.1. The molecule has 2 aromatic rings. The molecule has 2 heterocycles. The highest BCUT2D eigenvalue weighted by Crippen LogP contribution is 2.22. The lowest BCUT2D eigenvalue weighted by Gasteiger charge is -2.32. The first-order valence-electron chi connectivity index (χ1n) is 10.8. The molecule has 0 radical (unpaired) electrons. The Hall–Kier alpha value is -2.37. The molecule has 0 aromatic heterocycles. The standard InChI is InChI=1S/C24H28ClN3O2/c25-21-7-3-5-19(15-21)24(30)28-14-4-6-20(17-28)23(29)26-22-10-8-18(9-11-22)16-27-12-1-2-13-27/h3,5,7-11,15,20H,1-2,4,6,12-14,16-17H2,(H,26,29)/t20-/m0/s1. The monoisotopic (exact) mass is 425 g/mol. The van der Waals surface area contributed by atoms with Crippen molar-refractivity contribution < 1.29 is 9.59 Å². The average molecular weight is 426 g/mol. The van der Waals surface area contributed by atoms with Crippen molar-refractivity contribution in [1.29, 1.82) is 0 Å². The lowest BCUT2D eigenvalue weighted by atomic mass is 9.96. The first kappa shape index (κ1) is 20.9. The molecule has 6 heteroatoms. The second-order valence-electron chi connectivity index (χ2n) is 8.27. The predicted octanol–water partition coefficient (Wildman–Crippen LogP) is 4.43. The van der Waals surface area contributed by atoms with Crippen molar-refractivity contribution in [2.24, 2.45) is 5.92 Å². The van der Waals surface area contributed by atoms with E-state index in [4.69, 9.17) is 11.6 Å². The Balaban J connectivity index is 1.33. The van der Waals surface area contributed by atoms with Crippen molar-refractivity contribution >= 4 is 29.1 Å². The molecular formula is C24H28ClN3O2. The molecule has 0 unspecified atom stereocenters. The number of halogens is 1. The molecule has 1 atom stereocenters. The van der Waals surface area contributed by atoms with Crippen LogP contribution in [0, 0.1) is 5.92 Å². The number of hydrogen-bond acceptors (Lipinski definition) is 3. The van der Waals surface area contributed by atoms with Crippen molar-refractivity contribution in [2.45, 2.75) is 32.2 Å². The molecule has 1 N–H and O–H groups in total. The van der Waals surface area contributed by atoms with Gasteiger partial charge in [-0.05, 0) is 74.7 Å². The Kier molecular flexibility index (Phi) is 6.70. The highest BCUT2D eigenvalue weighted by Gasteiger charge is 2.29. The third-order valence-corrected chi connectivity index (χ3v) is 6.21. The Morgan fingerprint density at radius 3 is 2.50 bits per heavy atom. The van der Waals surface area contributed by atoms with Crippen LogP contribution in [0.15, 0.2) is 48.5 Å². The van der Waals surface area contributed by atoms with Crippen LogP contribution >= 0.6 is 11.6 Å². The van der Waals surface area contributed by atoms with Gasteiger partial charge in [-0.15, -0.1) is 0 Å². The Labute approximate surface area is 183 Å². The number of benzene rings is 2. The van der Waals surface area contributed by atoms with Gasteiger partial charge in [0, 0.05) is 35.9 Å². The summed E-state index contributed by atoms with van der Waals surface area (Å²) in [6.45, 7) is 4.41. The fraction of sp³-hybridized carbons (Fsp3) is 0.417. The van der Waals surface area contributed by atoms with Crippen LogP contribution in [0.1, 0.15) is 41.6 Å². The number of piperidine rings is 1. The summed E-state index contributed by atoms with van der Waals surface area (Å²) >= 11 is 6.02. The van der Waals surface area contributed by atoms with Gasteiger partial charge in [0.05, 0.1) is 5.92 Å². The molecule has 0 spiro atoms. The number of amides is 2. The Morgan fingerprint density at radius 1 is 1.00 bits per heavy atom. The Morgan fingerprint density at radius 2 is 1.77 bits per heavy atom. The molecule has 2 fully saturated rings. The Bertz CT molecular complexity index is 894. The average Bonchev–Trinajstić information content (AvgIpc) is 3.28. The van der Waals surface area contributed by atoms with Gasteiger partial charge in [0.2, 0.25) is 5.91 Å². The lowest BCUT2D eigenvalue weighted by Crippen LogP contribution is -2.43. The third-order valence-electron chi connectivity index (χ3n) is 5.98. The fourth-order valence-corrected chi connectivity index (χ4v) is 4.51. The van der Waals surface area contributed by atoms with Crippen LogP contribution in [0.4, 0.5) is 5.69 Å². The van der Waals surface area contributed by atoms with Gasteiger partial charge in [-0.2, -0.15) is 0 Å². The normalized spacial score (nSPS) is 19.6. The molecule has 0 saturated carbocycles. The molecule has 0 aliphatic carbocycles. The van der Waals surface area contributed by atoms with Crippen LogP contribution < -0.4 is 5.32 Å². The minimum atomic E-state index is -0.203. The van der Waals surface area contributed by atoms with Crippen molar-refractivity contribution in [2.75, 3.05) is 31.5 Å². The van der Waals surface area contributed by atoms with Gasteiger partial charge in [0.25, 0.3) is 5.91 Å². The SMILES string of the molecule is O=C(Nc1ccc(CN2CCCC2)cc1)[C@H]1CCCN(C(=O)c2cccc(Cl)c2)C1. The van der Waals surface area contributed by atoms with Gasteiger partial charge in [-0.3, -0.25) is 14.5 Å². The predicted molar refractivity (Wildman–Crippen MR) is 120 cm³/mol. The summed E-state index contributed by atoms with van der Waals surface area (Å²) in [5.74, 6) is -0.293. The molecule has 2 aliphatic heterocycles. The molecule has 2 saturated heterocycles. The molecule has 0 bridgehead atoms. The van der Waals surface area contributed by atoms with E-state index in [1.807, 2.05) is 12.1 Å². The van der Waals surface area contributed by atoms with E-state index in [-0.39, 0.29) is 17.7 Å². The van der Waals surface area contributed by atoms with Crippen molar-refractivity contribution in [3.8, 4) is 0 Å². The molecule has 2 amide bonds. The van der Waals surface area contributed by atoms with Crippen molar-refractivity contribution in [3.63, 3.8) is 0 Å². The zero-order valence-corrected chi connectivity index (χ0v) is 17.9. The maximum atomic E-state index is 12.8. The topological polar surface area (TPSA) is 52.7 Å². The van der Waals surface area contributed by atoms with Gasteiger partial charge in [0.1, 0.15) is 0 Å². The first-order chi connectivity index (χ1) is 14.6. The number of rotatable bonds is 5. The number of anilines is 1. The summed E-state index contributed by atoms with van der Waals surface area (Å²) in [5, 5.41) is 3.57. The van der Waals surface area contributed by atoms with Crippen LogP contribution in [0.25, 0.3) is 0 Å². The fourth-order valence-electron chi connectivity index (χ4n) is 4.32. The summed E-state index contributed by atoms with van der Waals surface area (Å²) in [5.41, 5.74) is 2.64. The van der Waals surface area contributed by atoms with E-state index in [0.717, 1.165) is 25.1 Å². The number of hydrogen-bond donors (Lipinski definition) is 1. The second-order valence-corrected chi connectivity index (χ2v) is 8.71. The van der Waals surface area contributed by atoms with Crippen LogP contribution in [-0.4, -0.2) is 47.8 Å². The number of nitrogens with one attached hydrogen (secondary N) is 1. The van der Waals surface area contributed by atoms with E-state index in [1.165, 1.54) is 31.5 Å². The van der Waals surface area contributed by atoms with Crippen LogP contribution in [0.3, 0.4) is 0 Å². The molecule has 5 nitrogen and oxygen atoms in total. The van der Waals surface area contributed by atoms with E-state index in [9.17, 15) is 9.59 Å². The summed E-state index contributed by atoms with van der Waals surface area (Å²) in [6, 6.07) is 15.1. The minimum Gasteiger partial charge on any atom is -0.338 e. The maximum absolute atomic E-state index is 12.8. The largest absolute Gasteiger partial charge is 0.338 e. The number of nitrogens with zero attached hydrogens (tertiary/aromatic N) is 2. The first-order valence-corrected chi connectivity index (χ1v) is 11.1. The lowest BCUT2D eigenvalue weighted by molar-refractivity contribution is -0.121. The highest BCUT2D eigenvalue weighted by atomic mass is 35.5. The van der Waals surface area contributed by atoms with Gasteiger partial charge in [-0.25, -0.2) is 0 Å². The van der Waals surface area contributed by atoms with Gasteiger partial charge >= 0.3 is 0 Å². The quantitative estimate of drug-likeness (QED) is 0.771. The number of likely N-dealkylation sites (tertiary alicyclic amines) is 2. The third kappa shape index (κ3) is 5.21. The summed E-state index contributed by atoms with van der Waals surface area (Å²) in [4.78, 5) is 29.8. The number of carbonyl (C=O) groups is 2. The highest BCUT2D eigenvalue weighted by molar-refractivity contribution is 6.30. The molecule has 2 aromatic carbocycles. The van der Waals surface area contributed by atoms with Crippen LogP contribution in [0.2, 0.25) is 5.02 Å². The smallest absolute Gasteiger partial charge is 0.253 e. The van der Waals surface area contributed by atoms with E-state index in [2.05, 4.69) is 22.3 Å². The van der Waals surface area contributed by atoms with Crippen molar-refractivity contribution in [3.05, 3.63) is 64.7 Å². The van der Waals surface area contributed by atoms with Crippen molar-refractivity contribution in [1.82, 2.24) is 9.80 Å². The van der Waals surface area contributed by atoms with E-state index >= 15 is 0 Å². The summed E-state index contributed by atoms with van der Waals surface area (Å²) in [6.07, 6.45) is 4.18. The molecular weight excluding hydrogens is 398 g/mol. The van der Waals surface area contributed by atoms with E-state index < -0.39 is 0 Å². The molecule has 158 valence electrons. The van der Waals surface area contributed by atoms with Gasteiger partial charge < -0.3 is 10.2 Å². The van der Waals surface area contributed by atoms with Crippen LogP contribution in [0.5, 0.6) is 0 Å². The van der Waals surface area contributed by atoms with E-state index in [1.54, 1.807) is 29.2 Å². The molecule has 2 aliphatic rings. The maximum Gasteiger partial charge on any atom is 0.253 e. The van der Waals surface area contributed by atoms with Crippen LogP contribution in [-0.2, 0) is 11.3 Å². The van der Waals surface area contributed by atoms with Gasteiger partial charge in [-0.1, -0.05) is 29.8 Å². The van der Waals surface area contributed by atoms with E-state index in [0.29, 0.717) is 23.7 Å². The van der Waals surface area contributed by atoms with Gasteiger partial charge in [0.15, 0.2) is 0 Å². The second kappa shape index (κ2) is 9.63. The number of carbonyl (C=O) groups excluding carboxylic acids is 2.